The molecule has 1 saturated carbocycles. The second-order valence-corrected chi connectivity index (χ2v) is 13.5. The van der Waals surface area contributed by atoms with E-state index in [1.54, 1.807) is 0 Å². The standard InChI is InChI=1S/C30H29F6N7OS/c31-14-9-29(6-1-7-42(29)12-14)13-44-28-40-23-18(26(41-28)43(15-2-3-15)16-10-38-11-16)8-19(30(34,35)36)21(22(23)33)17-4-5-20(32)25-24(17)39-27(37)45-25/h4-5,8,14-16,38H,1-3,6-7,9-13H2,(H2,37,39)/t14-,29?/m1/s1. The minimum absolute atomic E-state index is 0.0286. The van der Waals surface area contributed by atoms with Crippen molar-refractivity contribution in [3.63, 3.8) is 0 Å². The van der Waals surface area contributed by atoms with Gasteiger partial charge >= 0.3 is 12.2 Å². The molecular weight excluding hydrogens is 620 g/mol. The van der Waals surface area contributed by atoms with Gasteiger partial charge in [0.1, 0.15) is 29.9 Å². The van der Waals surface area contributed by atoms with Crippen LogP contribution >= 0.6 is 11.3 Å². The summed E-state index contributed by atoms with van der Waals surface area (Å²) in [6, 6.07) is 2.71. The number of thiazole rings is 1. The number of nitrogens with two attached hydrogens (primary N) is 1. The Hall–Kier alpha value is -3.43. The third-order valence-corrected chi connectivity index (χ3v) is 10.4. The lowest BCUT2D eigenvalue weighted by atomic mass is 9.94. The van der Waals surface area contributed by atoms with Gasteiger partial charge in [0.05, 0.1) is 27.4 Å². The van der Waals surface area contributed by atoms with Crippen LogP contribution < -0.4 is 20.7 Å². The number of ether oxygens (including phenoxy) is 1. The number of benzene rings is 2. The van der Waals surface area contributed by atoms with Crippen molar-refractivity contribution in [1.82, 2.24) is 25.2 Å². The van der Waals surface area contributed by atoms with Gasteiger partial charge in [-0.15, -0.1) is 0 Å². The van der Waals surface area contributed by atoms with Gasteiger partial charge in [-0.25, -0.2) is 18.2 Å². The molecule has 4 fully saturated rings. The Labute approximate surface area is 257 Å². The molecule has 1 aliphatic carbocycles. The highest BCUT2D eigenvalue weighted by Gasteiger charge is 2.49. The van der Waals surface area contributed by atoms with E-state index < -0.39 is 40.6 Å². The van der Waals surface area contributed by atoms with Crippen molar-refractivity contribution in [2.24, 2.45) is 0 Å². The smallest absolute Gasteiger partial charge is 0.417 e. The second-order valence-electron chi connectivity index (χ2n) is 12.5. The first-order chi connectivity index (χ1) is 21.5. The molecular formula is C30H29F6N7OS. The van der Waals surface area contributed by atoms with E-state index in [4.69, 9.17) is 10.5 Å². The zero-order chi connectivity index (χ0) is 31.2. The molecule has 5 heterocycles. The monoisotopic (exact) mass is 649 g/mol. The summed E-state index contributed by atoms with van der Waals surface area (Å²) in [5, 5.41) is 3.02. The van der Waals surface area contributed by atoms with Crippen LogP contribution in [0.25, 0.3) is 32.2 Å². The van der Waals surface area contributed by atoms with Crippen molar-refractivity contribution in [3.8, 4) is 17.1 Å². The maximum absolute atomic E-state index is 16.8. The van der Waals surface area contributed by atoms with E-state index in [-0.39, 0.29) is 62.3 Å². The van der Waals surface area contributed by atoms with Crippen LogP contribution in [-0.2, 0) is 6.18 Å². The van der Waals surface area contributed by atoms with Gasteiger partial charge < -0.3 is 20.7 Å². The molecule has 45 heavy (non-hydrogen) atoms. The van der Waals surface area contributed by atoms with Crippen molar-refractivity contribution in [2.75, 3.05) is 43.4 Å². The van der Waals surface area contributed by atoms with Gasteiger partial charge in [0.15, 0.2) is 10.9 Å². The lowest BCUT2D eigenvalue weighted by Crippen LogP contribution is -2.58. The highest BCUT2D eigenvalue weighted by Crippen LogP contribution is 2.47. The van der Waals surface area contributed by atoms with Crippen LogP contribution in [-0.4, -0.2) is 76.4 Å². The molecule has 8 nitrogen and oxygen atoms in total. The average Bonchev–Trinajstić information content (AvgIpc) is 3.49. The molecule has 1 unspecified atom stereocenters. The molecule has 15 heteroatoms. The molecule has 2 aromatic carbocycles. The van der Waals surface area contributed by atoms with Crippen LogP contribution in [0.3, 0.4) is 0 Å². The number of hydrogen-bond acceptors (Lipinski definition) is 9. The number of nitrogens with one attached hydrogen (secondary N) is 1. The lowest BCUT2D eigenvalue weighted by Gasteiger charge is -2.40. The Bertz CT molecular complexity index is 1830. The average molecular weight is 650 g/mol. The molecule has 2 aromatic heterocycles. The van der Waals surface area contributed by atoms with Crippen molar-refractivity contribution >= 4 is 43.4 Å². The van der Waals surface area contributed by atoms with Gasteiger partial charge in [-0.1, -0.05) is 11.3 Å². The van der Waals surface area contributed by atoms with Crippen LogP contribution in [0, 0.1) is 11.6 Å². The van der Waals surface area contributed by atoms with E-state index >= 15 is 4.39 Å². The van der Waals surface area contributed by atoms with E-state index in [9.17, 15) is 22.0 Å². The Morgan fingerprint density at radius 3 is 2.62 bits per heavy atom. The summed E-state index contributed by atoms with van der Waals surface area (Å²) in [7, 11) is 0. The first-order valence-electron chi connectivity index (χ1n) is 15.0. The third kappa shape index (κ3) is 4.76. The van der Waals surface area contributed by atoms with Gasteiger partial charge in [0.25, 0.3) is 0 Å². The number of aromatic nitrogens is 3. The number of fused-ring (bicyclic) bond motifs is 3. The highest BCUT2D eigenvalue weighted by atomic mass is 32.1. The first kappa shape index (κ1) is 29.0. The highest BCUT2D eigenvalue weighted by molar-refractivity contribution is 7.22. The maximum atomic E-state index is 16.8. The summed E-state index contributed by atoms with van der Waals surface area (Å²) in [6.07, 6.45) is -2.44. The van der Waals surface area contributed by atoms with E-state index in [0.717, 1.165) is 61.8 Å². The van der Waals surface area contributed by atoms with Crippen LogP contribution in [0.15, 0.2) is 18.2 Å². The Morgan fingerprint density at radius 2 is 1.91 bits per heavy atom. The third-order valence-electron chi connectivity index (χ3n) is 9.55. The fourth-order valence-electron chi connectivity index (χ4n) is 7.25. The molecule has 8 rings (SSSR count). The molecule has 3 aliphatic heterocycles. The number of anilines is 2. The summed E-state index contributed by atoms with van der Waals surface area (Å²) in [5.74, 6) is -1.81. The quantitative estimate of drug-likeness (QED) is 0.247. The molecule has 0 spiro atoms. The fourth-order valence-corrected chi connectivity index (χ4v) is 8.01. The largest absolute Gasteiger partial charge is 0.461 e. The number of nitrogens with zero attached hydrogens (tertiary/aromatic N) is 5. The second kappa shape index (κ2) is 10.3. The minimum Gasteiger partial charge on any atom is -0.461 e. The fraction of sp³-hybridized carbons (Fsp3) is 0.500. The summed E-state index contributed by atoms with van der Waals surface area (Å²) < 4.78 is 96.3. The van der Waals surface area contributed by atoms with E-state index in [0.29, 0.717) is 26.1 Å². The van der Waals surface area contributed by atoms with E-state index in [1.165, 1.54) is 0 Å². The summed E-state index contributed by atoms with van der Waals surface area (Å²) >= 11 is 0.766. The lowest BCUT2D eigenvalue weighted by molar-refractivity contribution is -0.137. The number of alkyl halides is 4. The van der Waals surface area contributed by atoms with Gasteiger partial charge in [0.2, 0.25) is 0 Å². The number of rotatable bonds is 7. The Kier molecular flexibility index (Phi) is 6.63. The van der Waals surface area contributed by atoms with Crippen molar-refractivity contribution in [2.45, 2.75) is 62.1 Å². The van der Waals surface area contributed by atoms with Crippen molar-refractivity contribution < 1.29 is 31.1 Å². The maximum Gasteiger partial charge on any atom is 0.417 e. The zero-order valence-corrected chi connectivity index (χ0v) is 24.7. The SMILES string of the molecule is Nc1nc2c(-c3c(C(F)(F)F)cc4c(N(C5CC5)C5CNC5)nc(OCC56CCCN5C[C@H](F)C6)nc4c3F)ccc(F)c2s1. The van der Waals surface area contributed by atoms with Crippen molar-refractivity contribution in [3.05, 3.63) is 35.4 Å². The normalized spacial score (nSPS) is 24.0. The Balaban J connectivity index is 1.34. The number of halogens is 6. The Morgan fingerprint density at radius 1 is 1.11 bits per heavy atom. The first-order valence-corrected chi connectivity index (χ1v) is 15.8. The summed E-state index contributed by atoms with van der Waals surface area (Å²) in [4.78, 5) is 17.1. The molecule has 0 radical (unpaired) electrons. The molecule has 3 N–H and O–H groups in total. The predicted octanol–water partition coefficient (Wildman–Crippen LogP) is 5.68. The van der Waals surface area contributed by atoms with Crippen molar-refractivity contribution in [1.29, 1.82) is 0 Å². The molecule has 0 amide bonds. The summed E-state index contributed by atoms with van der Waals surface area (Å²) in [5.41, 5.74) is 2.41. The predicted molar refractivity (Wildman–Crippen MR) is 158 cm³/mol. The molecule has 2 atom stereocenters. The van der Waals surface area contributed by atoms with Gasteiger partial charge in [-0.2, -0.15) is 23.1 Å². The van der Waals surface area contributed by atoms with Crippen LogP contribution in [0.5, 0.6) is 6.01 Å². The van der Waals surface area contributed by atoms with E-state index in [2.05, 4.69) is 25.2 Å². The zero-order valence-electron chi connectivity index (χ0n) is 23.9. The minimum atomic E-state index is -4.99. The van der Waals surface area contributed by atoms with Crippen LogP contribution in [0.2, 0.25) is 0 Å². The van der Waals surface area contributed by atoms with Crippen LogP contribution in [0.1, 0.15) is 37.7 Å². The molecule has 0 bridgehead atoms. The molecule has 3 saturated heterocycles. The molecule has 4 aromatic rings. The number of nitrogen functional groups attached to an aromatic ring is 1. The summed E-state index contributed by atoms with van der Waals surface area (Å²) in [6.45, 7) is 2.31. The topological polar surface area (TPSA) is 92.4 Å². The van der Waals surface area contributed by atoms with Crippen LogP contribution in [0.4, 0.5) is 37.3 Å². The van der Waals surface area contributed by atoms with Gasteiger partial charge in [-0.3, -0.25) is 4.90 Å². The molecule has 4 aliphatic rings. The number of hydrogen-bond donors (Lipinski definition) is 2. The molecule has 238 valence electrons. The van der Waals surface area contributed by atoms with Gasteiger partial charge in [0, 0.05) is 48.6 Å². The van der Waals surface area contributed by atoms with Gasteiger partial charge in [-0.05, 0) is 50.4 Å². The van der Waals surface area contributed by atoms with E-state index in [1.807, 2.05) is 4.90 Å².